The maximum Gasteiger partial charge on any atom is 0.227 e. The lowest BCUT2D eigenvalue weighted by atomic mass is 10.1. The Morgan fingerprint density at radius 2 is 2.04 bits per heavy atom. The Hall–Kier alpha value is -2.04. The first-order valence-electron chi connectivity index (χ1n) is 8.02. The molecule has 0 spiro atoms. The molecule has 1 atom stereocenters. The summed E-state index contributed by atoms with van der Waals surface area (Å²) in [4.78, 5) is 26.3. The van der Waals surface area contributed by atoms with Gasteiger partial charge in [-0.1, -0.05) is 53.0 Å². The van der Waals surface area contributed by atoms with Gasteiger partial charge in [0.05, 0.1) is 16.6 Å². The van der Waals surface area contributed by atoms with Crippen LogP contribution in [0.5, 0.6) is 0 Å². The lowest BCUT2D eigenvalue weighted by molar-refractivity contribution is -0.126. The molecule has 1 unspecified atom stereocenters. The number of anilines is 1. The SMILES string of the molecule is Cc1cccc(CNC(=O)C2CC(=O)N(c3ccc(Cl)cc3Cl)C2)c1. The number of nitrogens with one attached hydrogen (secondary N) is 1. The van der Waals surface area contributed by atoms with Gasteiger partial charge in [-0.25, -0.2) is 0 Å². The van der Waals surface area contributed by atoms with Crippen molar-refractivity contribution in [2.24, 2.45) is 5.92 Å². The van der Waals surface area contributed by atoms with Crippen molar-refractivity contribution in [3.63, 3.8) is 0 Å². The number of aryl methyl sites for hydroxylation is 1. The summed E-state index contributed by atoms with van der Waals surface area (Å²) in [6.45, 7) is 2.78. The molecule has 2 aromatic carbocycles. The maximum atomic E-state index is 12.4. The lowest BCUT2D eigenvalue weighted by Crippen LogP contribution is -2.32. The van der Waals surface area contributed by atoms with Crippen LogP contribution in [0.25, 0.3) is 0 Å². The Bertz CT molecular complexity index is 823. The fourth-order valence-electron chi connectivity index (χ4n) is 2.97. The second-order valence-corrected chi connectivity index (χ2v) is 7.05. The standard InChI is InChI=1S/C19H18Cl2N2O2/c1-12-3-2-4-13(7-12)10-22-19(25)14-8-18(24)23(11-14)17-6-5-15(20)9-16(17)21/h2-7,9,14H,8,10-11H2,1H3,(H,22,25). The zero-order valence-corrected chi connectivity index (χ0v) is 15.3. The van der Waals surface area contributed by atoms with E-state index >= 15 is 0 Å². The van der Waals surface area contributed by atoms with E-state index in [1.165, 1.54) is 0 Å². The van der Waals surface area contributed by atoms with Gasteiger partial charge in [0.1, 0.15) is 0 Å². The van der Waals surface area contributed by atoms with Gasteiger partial charge >= 0.3 is 0 Å². The molecule has 4 nitrogen and oxygen atoms in total. The van der Waals surface area contributed by atoms with Crippen LogP contribution in [0.3, 0.4) is 0 Å². The molecule has 130 valence electrons. The summed E-state index contributed by atoms with van der Waals surface area (Å²) in [5.74, 6) is -0.619. The number of hydrogen-bond acceptors (Lipinski definition) is 2. The number of amides is 2. The van der Waals surface area contributed by atoms with Crippen LogP contribution < -0.4 is 10.2 Å². The molecule has 0 aromatic heterocycles. The summed E-state index contributed by atoms with van der Waals surface area (Å²) in [5, 5.41) is 3.82. The summed E-state index contributed by atoms with van der Waals surface area (Å²) < 4.78 is 0. The highest BCUT2D eigenvalue weighted by atomic mass is 35.5. The maximum absolute atomic E-state index is 12.4. The highest BCUT2D eigenvalue weighted by molar-refractivity contribution is 6.36. The van der Waals surface area contributed by atoms with Crippen molar-refractivity contribution >= 4 is 40.7 Å². The molecule has 0 bridgehead atoms. The minimum Gasteiger partial charge on any atom is -0.352 e. The number of hydrogen-bond donors (Lipinski definition) is 1. The molecule has 1 aliphatic rings. The first-order chi connectivity index (χ1) is 11.9. The van der Waals surface area contributed by atoms with E-state index in [-0.39, 0.29) is 24.2 Å². The van der Waals surface area contributed by atoms with Crippen LogP contribution in [-0.2, 0) is 16.1 Å². The van der Waals surface area contributed by atoms with Gasteiger partial charge in [-0.2, -0.15) is 0 Å². The zero-order valence-electron chi connectivity index (χ0n) is 13.8. The van der Waals surface area contributed by atoms with Crippen molar-refractivity contribution in [1.29, 1.82) is 0 Å². The molecule has 1 fully saturated rings. The van der Waals surface area contributed by atoms with Crippen molar-refractivity contribution in [1.82, 2.24) is 5.32 Å². The molecule has 2 amide bonds. The number of benzene rings is 2. The molecule has 1 saturated heterocycles. The third-order valence-electron chi connectivity index (χ3n) is 4.25. The number of carbonyl (C=O) groups excluding carboxylic acids is 2. The molecule has 3 rings (SSSR count). The van der Waals surface area contributed by atoms with Gasteiger partial charge in [-0.3, -0.25) is 9.59 Å². The van der Waals surface area contributed by atoms with Crippen LogP contribution in [0.4, 0.5) is 5.69 Å². The van der Waals surface area contributed by atoms with E-state index in [0.29, 0.717) is 28.8 Å². The highest BCUT2D eigenvalue weighted by Gasteiger charge is 2.35. The summed E-state index contributed by atoms with van der Waals surface area (Å²) in [5.41, 5.74) is 2.77. The molecule has 1 heterocycles. The van der Waals surface area contributed by atoms with Gasteiger partial charge in [-0.05, 0) is 30.7 Å². The molecular formula is C19H18Cl2N2O2. The molecule has 6 heteroatoms. The molecule has 0 saturated carbocycles. The highest BCUT2D eigenvalue weighted by Crippen LogP contribution is 2.33. The minimum atomic E-state index is -0.385. The number of halogens is 2. The molecule has 25 heavy (non-hydrogen) atoms. The third-order valence-corrected chi connectivity index (χ3v) is 4.78. The lowest BCUT2D eigenvalue weighted by Gasteiger charge is -2.18. The van der Waals surface area contributed by atoms with Crippen LogP contribution in [0.2, 0.25) is 10.0 Å². The molecule has 0 aliphatic carbocycles. The average Bonchev–Trinajstić information content (AvgIpc) is 2.94. The van der Waals surface area contributed by atoms with E-state index < -0.39 is 0 Å². The monoisotopic (exact) mass is 376 g/mol. The predicted molar refractivity (Wildman–Crippen MR) is 99.9 cm³/mol. The summed E-state index contributed by atoms with van der Waals surface area (Å²) in [6.07, 6.45) is 0.179. The Kier molecular flexibility index (Phi) is 5.30. The smallest absolute Gasteiger partial charge is 0.227 e. The van der Waals surface area contributed by atoms with Gasteiger partial charge in [0, 0.05) is 24.5 Å². The normalized spacial score (nSPS) is 17.0. The second kappa shape index (κ2) is 7.46. The van der Waals surface area contributed by atoms with Crippen molar-refractivity contribution < 1.29 is 9.59 Å². The predicted octanol–water partition coefficient (Wildman–Crippen LogP) is 3.97. The van der Waals surface area contributed by atoms with Gasteiger partial charge < -0.3 is 10.2 Å². The number of rotatable bonds is 4. The van der Waals surface area contributed by atoms with Crippen molar-refractivity contribution in [3.8, 4) is 0 Å². The average molecular weight is 377 g/mol. The van der Waals surface area contributed by atoms with E-state index in [2.05, 4.69) is 5.32 Å². The van der Waals surface area contributed by atoms with Crippen molar-refractivity contribution in [2.75, 3.05) is 11.4 Å². The minimum absolute atomic E-state index is 0.111. The molecule has 2 aromatic rings. The topological polar surface area (TPSA) is 49.4 Å². The molecule has 0 radical (unpaired) electrons. The summed E-state index contributed by atoms with van der Waals surface area (Å²) in [7, 11) is 0. The Labute approximate surface area is 156 Å². The number of nitrogens with zero attached hydrogens (tertiary/aromatic N) is 1. The van der Waals surface area contributed by atoms with Gasteiger partial charge in [0.15, 0.2) is 0 Å². The molecule has 1 aliphatic heterocycles. The van der Waals surface area contributed by atoms with E-state index in [9.17, 15) is 9.59 Å². The molecule has 1 N–H and O–H groups in total. The van der Waals surface area contributed by atoms with Gasteiger partial charge in [0.2, 0.25) is 11.8 Å². The first kappa shape index (κ1) is 17.8. The van der Waals surface area contributed by atoms with Crippen LogP contribution in [-0.4, -0.2) is 18.4 Å². The van der Waals surface area contributed by atoms with Crippen molar-refractivity contribution in [3.05, 3.63) is 63.6 Å². The van der Waals surface area contributed by atoms with Crippen LogP contribution in [0.15, 0.2) is 42.5 Å². The summed E-state index contributed by atoms with van der Waals surface area (Å²) in [6, 6.07) is 12.9. The van der Waals surface area contributed by atoms with Gasteiger partial charge in [-0.15, -0.1) is 0 Å². The van der Waals surface area contributed by atoms with E-state index in [1.54, 1.807) is 23.1 Å². The van der Waals surface area contributed by atoms with E-state index in [4.69, 9.17) is 23.2 Å². The van der Waals surface area contributed by atoms with Gasteiger partial charge in [0.25, 0.3) is 0 Å². The van der Waals surface area contributed by atoms with Crippen LogP contribution >= 0.6 is 23.2 Å². The van der Waals surface area contributed by atoms with Crippen LogP contribution in [0.1, 0.15) is 17.5 Å². The largest absolute Gasteiger partial charge is 0.352 e. The fraction of sp³-hybridized carbons (Fsp3) is 0.263. The number of carbonyl (C=O) groups is 2. The van der Waals surface area contributed by atoms with E-state index in [0.717, 1.165) is 11.1 Å². The van der Waals surface area contributed by atoms with Crippen molar-refractivity contribution in [2.45, 2.75) is 19.9 Å². The van der Waals surface area contributed by atoms with Crippen LogP contribution in [0, 0.1) is 12.8 Å². The summed E-state index contributed by atoms with van der Waals surface area (Å²) >= 11 is 12.1. The second-order valence-electron chi connectivity index (χ2n) is 6.21. The first-order valence-corrected chi connectivity index (χ1v) is 8.78. The Morgan fingerprint density at radius 1 is 1.24 bits per heavy atom. The molecular weight excluding hydrogens is 359 g/mol. The van der Waals surface area contributed by atoms with E-state index in [1.807, 2.05) is 31.2 Å². The zero-order chi connectivity index (χ0) is 18.0. The third kappa shape index (κ3) is 4.14. The Morgan fingerprint density at radius 3 is 2.76 bits per heavy atom. The quantitative estimate of drug-likeness (QED) is 0.877. The fourth-order valence-corrected chi connectivity index (χ4v) is 3.48. The Balaban J connectivity index is 1.64.